The second-order valence-corrected chi connectivity index (χ2v) is 8.93. The van der Waals surface area contributed by atoms with Crippen LogP contribution >= 0.6 is 22.1 Å². The van der Waals surface area contributed by atoms with E-state index in [1.165, 1.54) is 5.56 Å². The summed E-state index contributed by atoms with van der Waals surface area (Å²) in [5, 5.41) is 0. The third kappa shape index (κ3) is 6.53. The first kappa shape index (κ1) is 23.7. The van der Waals surface area contributed by atoms with E-state index in [0.29, 0.717) is 24.0 Å². The minimum atomic E-state index is -0.497. The lowest BCUT2D eigenvalue weighted by molar-refractivity contribution is 0.0751. The molecule has 0 spiro atoms. The monoisotopic (exact) mass is 486 g/mol. The second kappa shape index (κ2) is 12.1. The Balaban J connectivity index is 1.47. The Morgan fingerprint density at radius 1 is 0.559 bits per heavy atom. The van der Waals surface area contributed by atoms with E-state index in [9.17, 15) is 9.59 Å². The molecule has 0 bridgehead atoms. The highest BCUT2D eigenvalue weighted by Gasteiger charge is 2.18. The quantitative estimate of drug-likeness (QED) is 0.143. The molecule has 0 radical (unpaired) electrons. The molecule has 0 heterocycles. The molecular formula is C28H22O4S2. The van der Waals surface area contributed by atoms with Crippen molar-refractivity contribution in [1.82, 2.24) is 0 Å². The Morgan fingerprint density at radius 2 is 1.09 bits per heavy atom. The fraction of sp³-hybridized carbons (Fsp3) is 0.0714. The van der Waals surface area contributed by atoms with Gasteiger partial charge in [-0.1, -0.05) is 91.0 Å². The van der Waals surface area contributed by atoms with E-state index in [2.05, 4.69) is 12.1 Å². The van der Waals surface area contributed by atoms with Crippen LogP contribution < -0.4 is 0 Å². The molecule has 6 heteroatoms. The van der Waals surface area contributed by atoms with Crippen LogP contribution in [-0.4, -0.2) is 11.9 Å². The van der Waals surface area contributed by atoms with Crippen LogP contribution in [0.3, 0.4) is 0 Å². The summed E-state index contributed by atoms with van der Waals surface area (Å²) in [6.45, 7) is 0. The van der Waals surface area contributed by atoms with Gasteiger partial charge in [-0.25, -0.2) is 9.59 Å². The molecule has 4 aromatic rings. The lowest BCUT2D eigenvalue weighted by Crippen LogP contribution is -2.09. The zero-order valence-electron chi connectivity index (χ0n) is 18.3. The van der Waals surface area contributed by atoms with Gasteiger partial charge in [-0.05, 0) is 53.3 Å². The van der Waals surface area contributed by atoms with Crippen molar-refractivity contribution in [2.75, 3.05) is 0 Å². The van der Waals surface area contributed by atoms with Crippen LogP contribution in [0.15, 0.2) is 109 Å². The molecule has 0 saturated carbocycles. The summed E-state index contributed by atoms with van der Waals surface area (Å²) in [4.78, 5) is 25.0. The van der Waals surface area contributed by atoms with Crippen molar-refractivity contribution in [3.8, 4) is 0 Å². The van der Waals surface area contributed by atoms with Gasteiger partial charge in [0.15, 0.2) is 22.1 Å². The molecule has 0 N–H and O–H groups in total. The van der Waals surface area contributed by atoms with E-state index in [-0.39, 0.29) is 0 Å². The van der Waals surface area contributed by atoms with Crippen LogP contribution in [0.4, 0.5) is 0 Å². The van der Waals surface area contributed by atoms with Crippen LogP contribution in [-0.2, 0) is 21.2 Å². The number of benzene rings is 4. The van der Waals surface area contributed by atoms with Gasteiger partial charge in [0, 0.05) is 0 Å². The predicted octanol–water partition coefficient (Wildman–Crippen LogP) is 7.09. The summed E-state index contributed by atoms with van der Waals surface area (Å²) in [5.74, 6) is -0.974. The molecule has 0 fully saturated rings. The van der Waals surface area contributed by atoms with Gasteiger partial charge in [-0.15, -0.1) is 0 Å². The summed E-state index contributed by atoms with van der Waals surface area (Å²) in [7, 11) is 0. The third-order valence-corrected chi connectivity index (χ3v) is 6.28. The number of hydrogen-bond acceptors (Lipinski definition) is 6. The van der Waals surface area contributed by atoms with Crippen LogP contribution in [0, 0.1) is 0 Å². The van der Waals surface area contributed by atoms with E-state index < -0.39 is 11.9 Å². The lowest BCUT2D eigenvalue weighted by Gasteiger charge is -2.14. The van der Waals surface area contributed by atoms with E-state index >= 15 is 0 Å². The number of rotatable bonds is 9. The average molecular weight is 487 g/mol. The molecule has 0 aliphatic heterocycles. The number of carbonyl (C=O) groups is 2. The maximum Gasteiger partial charge on any atom is 0.351 e. The Hall–Kier alpha value is -3.48. The number of carbonyl (C=O) groups excluding carboxylic acids is 2. The zero-order chi connectivity index (χ0) is 23.6. The SMILES string of the molecule is O=C(OSSOC(=O)c1cccc(Cc2ccccc2)c1Cc1ccccc1)c1ccccc1. The fourth-order valence-corrected chi connectivity index (χ4v) is 4.48. The topological polar surface area (TPSA) is 52.6 Å². The Labute approximate surface area is 207 Å². The van der Waals surface area contributed by atoms with Crippen molar-refractivity contribution >= 4 is 34.1 Å². The molecule has 0 aromatic heterocycles. The molecule has 4 nitrogen and oxygen atoms in total. The highest BCUT2D eigenvalue weighted by molar-refractivity contribution is 8.73. The van der Waals surface area contributed by atoms with E-state index in [1.54, 1.807) is 30.3 Å². The molecule has 0 atom stereocenters. The molecule has 0 saturated heterocycles. The van der Waals surface area contributed by atoms with Crippen LogP contribution in [0.2, 0.25) is 0 Å². The lowest BCUT2D eigenvalue weighted by atomic mass is 9.91. The summed E-state index contributed by atoms with van der Waals surface area (Å²) in [6, 6.07) is 34.5. The van der Waals surface area contributed by atoms with Gasteiger partial charge in [0.05, 0.1) is 11.1 Å². The summed E-state index contributed by atoms with van der Waals surface area (Å²) < 4.78 is 10.5. The van der Waals surface area contributed by atoms with Crippen molar-refractivity contribution in [3.63, 3.8) is 0 Å². The molecule has 0 unspecified atom stereocenters. The van der Waals surface area contributed by atoms with Crippen LogP contribution in [0.25, 0.3) is 0 Å². The molecule has 4 rings (SSSR count). The molecule has 34 heavy (non-hydrogen) atoms. The first-order valence-corrected chi connectivity index (χ1v) is 12.7. The van der Waals surface area contributed by atoms with Gasteiger partial charge in [0.25, 0.3) is 0 Å². The summed E-state index contributed by atoms with van der Waals surface area (Å²) >= 11 is 1.45. The van der Waals surface area contributed by atoms with Crippen molar-refractivity contribution in [2.45, 2.75) is 12.8 Å². The minimum absolute atomic E-state index is 0.431. The van der Waals surface area contributed by atoms with E-state index in [1.807, 2.05) is 66.7 Å². The maximum atomic E-state index is 13.0. The van der Waals surface area contributed by atoms with E-state index in [4.69, 9.17) is 8.37 Å². The zero-order valence-corrected chi connectivity index (χ0v) is 19.9. The van der Waals surface area contributed by atoms with E-state index in [0.717, 1.165) is 38.8 Å². The van der Waals surface area contributed by atoms with Crippen molar-refractivity contribution in [1.29, 1.82) is 0 Å². The smallest absolute Gasteiger partial charge is 0.351 e. The molecule has 170 valence electrons. The van der Waals surface area contributed by atoms with Gasteiger partial charge in [-0.3, -0.25) is 0 Å². The first-order chi connectivity index (χ1) is 16.7. The van der Waals surface area contributed by atoms with Gasteiger partial charge in [0.2, 0.25) is 0 Å². The Morgan fingerprint density at radius 3 is 1.71 bits per heavy atom. The van der Waals surface area contributed by atoms with Gasteiger partial charge < -0.3 is 8.37 Å². The highest BCUT2D eigenvalue weighted by Crippen LogP contribution is 2.29. The number of hydrogen-bond donors (Lipinski definition) is 0. The van der Waals surface area contributed by atoms with Crippen LogP contribution in [0.5, 0.6) is 0 Å². The highest BCUT2D eigenvalue weighted by atomic mass is 33.1. The normalized spacial score (nSPS) is 10.5. The molecule has 0 aliphatic carbocycles. The Bertz CT molecular complexity index is 1230. The molecule has 0 amide bonds. The third-order valence-electron chi connectivity index (χ3n) is 5.21. The fourth-order valence-electron chi connectivity index (χ4n) is 3.57. The average Bonchev–Trinajstić information content (AvgIpc) is 2.89. The standard InChI is InChI=1S/C28H22O4S2/c29-27(23-15-8-3-9-16-23)31-33-34-32-28(30)25-18-10-17-24(19-21-11-4-1-5-12-21)26(25)20-22-13-6-2-7-14-22/h1-18H,19-20H2. The second-order valence-electron chi connectivity index (χ2n) is 7.51. The van der Waals surface area contributed by atoms with Gasteiger partial charge in [0.1, 0.15) is 0 Å². The van der Waals surface area contributed by atoms with Crippen molar-refractivity contribution in [2.24, 2.45) is 0 Å². The Kier molecular flexibility index (Phi) is 8.43. The van der Waals surface area contributed by atoms with Gasteiger partial charge >= 0.3 is 11.9 Å². The molecule has 4 aromatic carbocycles. The van der Waals surface area contributed by atoms with Crippen molar-refractivity contribution in [3.05, 3.63) is 143 Å². The molecule has 0 aliphatic rings. The summed E-state index contributed by atoms with van der Waals surface area (Å²) in [6.07, 6.45) is 1.32. The predicted molar refractivity (Wildman–Crippen MR) is 137 cm³/mol. The van der Waals surface area contributed by atoms with Crippen molar-refractivity contribution < 1.29 is 18.0 Å². The maximum absolute atomic E-state index is 13.0. The molecular weight excluding hydrogens is 464 g/mol. The van der Waals surface area contributed by atoms with Gasteiger partial charge in [-0.2, -0.15) is 0 Å². The first-order valence-electron chi connectivity index (χ1n) is 10.7. The largest absolute Gasteiger partial charge is 0.372 e. The minimum Gasteiger partial charge on any atom is -0.372 e. The summed E-state index contributed by atoms with van der Waals surface area (Å²) in [5.41, 5.74) is 5.20. The van der Waals surface area contributed by atoms with Crippen LogP contribution in [0.1, 0.15) is 43.0 Å².